The zero-order valence-electron chi connectivity index (χ0n) is 9.87. The molecule has 15 heavy (non-hydrogen) atoms. The van der Waals surface area contributed by atoms with Crippen molar-refractivity contribution in [3.8, 4) is 0 Å². The highest BCUT2D eigenvalue weighted by atomic mass is 16.5. The first-order valence-electron chi connectivity index (χ1n) is 5.81. The summed E-state index contributed by atoms with van der Waals surface area (Å²) in [7, 11) is 0. The molecular formula is C13H22O2. The van der Waals surface area contributed by atoms with Crippen molar-refractivity contribution in [2.45, 2.75) is 46.0 Å². The van der Waals surface area contributed by atoms with Gasteiger partial charge < -0.3 is 4.74 Å². The van der Waals surface area contributed by atoms with E-state index in [1.807, 2.05) is 6.08 Å². The second-order valence-electron chi connectivity index (χ2n) is 3.39. The van der Waals surface area contributed by atoms with E-state index in [9.17, 15) is 4.79 Å². The van der Waals surface area contributed by atoms with E-state index >= 15 is 0 Å². The molecule has 0 aliphatic heterocycles. The van der Waals surface area contributed by atoms with Crippen LogP contribution in [0.5, 0.6) is 0 Å². The molecular weight excluding hydrogens is 188 g/mol. The van der Waals surface area contributed by atoms with Crippen molar-refractivity contribution < 1.29 is 9.53 Å². The van der Waals surface area contributed by atoms with Crippen LogP contribution in [0.4, 0.5) is 0 Å². The average Bonchev–Trinajstić information content (AvgIpc) is 2.22. The lowest BCUT2D eigenvalue weighted by molar-refractivity contribution is -0.137. The Morgan fingerprint density at radius 1 is 1.13 bits per heavy atom. The number of hydrogen-bond donors (Lipinski definition) is 0. The molecule has 0 spiro atoms. The van der Waals surface area contributed by atoms with Gasteiger partial charge in [-0.3, -0.25) is 0 Å². The number of esters is 1. The van der Waals surface area contributed by atoms with Gasteiger partial charge in [0.25, 0.3) is 0 Å². The zero-order valence-corrected chi connectivity index (χ0v) is 9.87. The summed E-state index contributed by atoms with van der Waals surface area (Å²) >= 11 is 0. The van der Waals surface area contributed by atoms with E-state index in [1.165, 1.54) is 31.8 Å². The number of carbonyl (C=O) groups excluding carboxylic acids is 1. The molecule has 0 amide bonds. The third-order valence-corrected chi connectivity index (χ3v) is 1.99. The summed E-state index contributed by atoms with van der Waals surface area (Å²) < 4.78 is 4.74. The zero-order chi connectivity index (χ0) is 11.4. The molecule has 0 aromatic heterocycles. The third-order valence-electron chi connectivity index (χ3n) is 1.99. The molecule has 0 aromatic carbocycles. The van der Waals surface area contributed by atoms with E-state index in [0.29, 0.717) is 6.61 Å². The van der Waals surface area contributed by atoms with Crippen molar-refractivity contribution in [3.05, 3.63) is 24.3 Å². The fraction of sp³-hybridized carbons (Fsp3) is 0.615. The number of unbranched alkanes of at least 4 members (excludes halogenated alkanes) is 4. The molecule has 0 aliphatic rings. The number of ether oxygens (including phenoxy) is 1. The minimum Gasteiger partial charge on any atom is -0.463 e. The molecule has 0 fully saturated rings. The number of allylic oxidation sites excluding steroid dienone is 3. The van der Waals surface area contributed by atoms with Gasteiger partial charge in [0.1, 0.15) is 0 Å². The van der Waals surface area contributed by atoms with Gasteiger partial charge in [0, 0.05) is 6.08 Å². The van der Waals surface area contributed by atoms with Gasteiger partial charge in [-0.1, -0.05) is 44.4 Å². The number of hydrogen-bond acceptors (Lipinski definition) is 2. The SMILES string of the molecule is CCCCCC/C=C\C=C/C(=O)OCC. The van der Waals surface area contributed by atoms with Gasteiger partial charge in [-0.25, -0.2) is 4.79 Å². The average molecular weight is 210 g/mol. The van der Waals surface area contributed by atoms with Crippen molar-refractivity contribution in [2.24, 2.45) is 0 Å². The topological polar surface area (TPSA) is 26.3 Å². The van der Waals surface area contributed by atoms with Crippen molar-refractivity contribution in [2.75, 3.05) is 6.61 Å². The fourth-order valence-electron chi connectivity index (χ4n) is 1.19. The van der Waals surface area contributed by atoms with Gasteiger partial charge in [0.15, 0.2) is 0 Å². The smallest absolute Gasteiger partial charge is 0.330 e. The van der Waals surface area contributed by atoms with Crippen LogP contribution in [0.1, 0.15) is 46.0 Å². The molecule has 0 atom stereocenters. The van der Waals surface area contributed by atoms with Gasteiger partial charge in [0.2, 0.25) is 0 Å². The Hall–Kier alpha value is -1.05. The Kier molecular flexibility index (Phi) is 10.3. The summed E-state index contributed by atoms with van der Waals surface area (Å²) in [4.78, 5) is 10.9. The molecule has 0 radical (unpaired) electrons. The van der Waals surface area contributed by atoms with E-state index in [2.05, 4.69) is 13.0 Å². The van der Waals surface area contributed by atoms with Crippen molar-refractivity contribution in [3.63, 3.8) is 0 Å². The Morgan fingerprint density at radius 2 is 1.93 bits per heavy atom. The lowest BCUT2D eigenvalue weighted by Crippen LogP contribution is -1.98. The van der Waals surface area contributed by atoms with Crippen LogP contribution in [-0.4, -0.2) is 12.6 Å². The molecule has 0 aliphatic carbocycles. The Bertz CT molecular complexity index is 205. The highest BCUT2D eigenvalue weighted by Gasteiger charge is 1.89. The first-order valence-corrected chi connectivity index (χ1v) is 5.81. The third kappa shape index (κ3) is 10.9. The minimum atomic E-state index is -0.270. The highest BCUT2D eigenvalue weighted by Crippen LogP contribution is 2.02. The molecule has 2 heteroatoms. The van der Waals surface area contributed by atoms with E-state index in [1.54, 1.807) is 13.0 Å². The maximum atomic E-state index is 10.9. The maximum Gasteiger partial charge on any atom is 0.330 e. The molecule has 0 heterocycles. The summed E-state index contributed by atoms with van der Waals surface area (Å²) in [6.45, 7) is 4.44. The molecule has 0 unspecified atom stereocenters. The van der Waals surface area contributed by atoms with Crippen LogP contribution >= 0.6 is 0 Å². The molecule has 86 valence electrons. The molecule has 0 N–H and O–H groups in total. The van der Waals surface area contributed by atoms with Gasteiger partial charge >= 0.3 is 5.97 Å². The molecule has 2 nitrogen and oxygen atoms in total. The highest BCUT2D eigenvalue weighted by molar-refractivity contribution is 5.82. The lowest BCUT2D eigenvalue weighted by atomic mass is 10.1. The lowest BCUT2D eigenvalue weighted by Gasteiger charge is -1.93. The second-order valence-corrected chi connectivity index (χ2v) is 3.39. The summed E-state index contributed by atoms with van der Waals surface area (Å²) in [5.41, 5.74) is 0. The van der Waals surface area contributed by atoms with Crippen LogP contribution in [0, 0.1) is 0 Å². The van der Waals surface area contributed by atoms with Crippen molar-refractivity contribution in [1.29, 1.82) is 0 Å². The summed E-state index contributed by atoms with van der Waals surface area (Å²) in [5.74, 6) is -0.270. The number of rotatable bonds is 8. The van der Waals surface area contributed by atoms with E-state index in [-0.39, 0.29) is 5.97 Å². The van der Waals surface area contributed by atoms with E-state index in [4.69, 9.17) is 4.74 Å². The first-order chi connectivity index (χ1) is 7.31. The van der Waals surface area contributed by atoms with E-state index in [0.717, 1.165) is 6.42 Å². The van der Waals surface area contributed by atoms with Crippen LogP contribution < -0.4 is 0 Å². The Morgan fingerprint density at radius 3 is 2.60 bits per heavy atom. The largest absolute Gasteiger partial charge is 0.463 e. The standard InChI is InChI=1S/C13H22O2/c1-3-5-6-7-8-9-10-11-12-13(14)15-4-2/h9-12H,3-8H2,1-2H3/b10-9-,12-11-. The Balaban J connectivity index is 3.40. The molecule has 0 rings (SSSR count). The van der Waals surface area contributed by atoms with Gasteiger partial charge in [-0.2, -0.15) is 0 Å². The predicted octanol–water partition coefficient (Wildman–Crippen LogP) is 3.63. The van der Waals surface area contributed by atoms with Crippen LogP contribution in [0.3, 0.4) is 0 Å². The van der Waals surface area contributed by atoms with Crippen molar-refractivity contribution >= 4 is 5.97 Å². The first kappa shape index (κ1) is 13.9. The van der Waals surface area contributed by atoms with Gasteiger partial charge in [-0.15, -0.1) is 0 Å². The molecule has 0 aromatic rings. The van der Waals surface area contributed by atoms with Crippen LogP contribution in [0.2, 0.25) is 0 Å². The van der Waals surface area contributed by atoms with Crippen LogP contribution in [0.25, 0.3) is 0 Å². The normalized spacial score (nSPS) is 11.3. The summed E-state index contributed by atoms with van der Waals surface area (Å²) in [6.07, 6.45) is 13.4. The van der Waals surface area contributed by atoms with Crippen LogP contribution in [-0.2, 0) is 9.53 Å². The van der Waals surface area contributed by atoms with Crippen LogP contribution in [0.15, 0.2) is 24.3 Å². The fourth-order valence-corrected chi connectivity index (χ4v) is 1.19. The molecule has 0 saturated heterocycles. The van der Waals surface area contributed by atoms with Crippen molar-refractivity contribution in [1.82, 2.24) is 0 Å². The minimum absolute atomic E-state index is 0.270. The molecule has 0 saturated carbocycles. The molecule has 0 bridgehead atoms. The summed E-state index contributed by atoms with van der Waals surface area (Å²) in [5, 5.41) is 0. The predicted molar refractivity (Wildman–Crippen MR) is 63.7 cm³/mol. The second kappa shape index (κ2) is 11.0. The number of carbonyl (C=O) groups is 1. The van der Waals surface area contributed by atoms with Gasteiger partial charge in [0.05, 0.1) is 6.61 Å². The summed E-state index contributed by atoms with van der Waals surface area (Å²) in [6, 6.07) is 0. The monoisotopic (exact) mass is 210 g/mol. The Labute approximate surface area is 93.0 Å². The quantitative estimate of drug-likeness (QED) is 0.265. The van der Waals surface area contributed by atoms with E-state index < -0.39 is 0 Å². The maximum absolute atomic E-state index is 10.9. The van der Waals surface area contributed by atoms with Gasteiger partial charge in [-0.05, 0) is 19.8 Å².